The predicted molar refractivity (Wildman–Crippen MR) is 186 cm³/mol. The highest BCUT2D eigenvalue weighted by Gasteiger charge is 1.80. The van der Waals surface area contributed by atoms with Crippen LogP contribution >= 0.6 is 0 Å². The monoisotopic (exact) mass is 582 g/mol. The summed E-state index contributed by atoms with van der Waals surface area (Å²) >= 11 is 0. The minimum atomic E-state index is -0.745. The molecule has 0 aliphatic rings. The Morgan fingerprint density at radius 3 is 0.625 bits per heavy atom. The molecule has 0 aliphatic carbocycles. The van der Waals surface area contributed by atoms with E-state index >= 15 is 0 Å². The maximum atomic E-state index is 9.81. The van der Waals surface area contributed by atoms with Crippen molar-refractivity contribution in [3.63, 3.8) is 0 Å². The smallest absolute Gasteiger partial charge is 0.303 e. The Morgan fingerprint density at radius 2 is 0.625 bits per heavy atom. The first kappa shape index (κ1) is 66.7. The predicted octanol–water partition coefficient (Wildman–Crippen LogP) is 12.8. The highest BCUT2D eigenvalue weighted by molar-refractivity contribution is 5.74. The van der Waals surface area contributed by atoms with E-state index in [4.69, 9.17) is 15.5 Å². The molecule has 0 aliphatic heterocycles. The van der Waals surface area contributed by atoms with E-state index < -0.39 is 5.97 Å². The standard InChI is InChI=1S/C4H8O.5C4H10.C3H5N.C3H6O2.C3H8.C2H6O/c1-3-4(2)5;5*1-3-4-2;1-2-3-4;1-2-3(4)5;1-3-2;1-2-3/h3H2,1-2H3;5*3-4H2,1-2H3;2H2,1H3;2H2,1H3,(H,4,5);3H2,1-2H3;3H,2H2,1H3. The van der Waals surface area contributed by atoms with E-state index in [0.29, 0.717) is 12.8 Å². The maximum Gasteiger partial charge on any atom is 0.303 e. The zero-order valence-corrected chi connectivity index (χ0v) is 31.3. The highest BCUT2D eigenvalue weighted by Crippen LogP contribution is 1.78. The summed E-state index contributed by atoms with van der Waals surface area (Å²) in [6, 6.07) is 1.93. The summed E-state index contributed by atoms with van der Waals surface area (Å²) in [6.45, 7) is 34.8. The summed E-state index contributed by atoms with van der Waals surface area (Å²) < 4.78 is 0. The van der Waals surface area contributed by atoms with Gasteiger partial charge in [0.15, 0.2) is 0 Å². The fourth-order valence-corrected chi connectivity index (χ4v) is 0. The molecule has 0 radical (unpaired) electrons. The number of nitrogens with zero attached hydrogens (tertiary/aromatic N) is 1. The molecular weight excluding hydrogens is 498 g/mol. The van der Waals surface area contributed by atoms with Crippen LogP contribution in [0.3, 0.4) is 0 Å². The van der Waals surface area contributed by atoms with Gasteiger partial charge >= 0.3 is 5.97 Å². The molecule has 0 fully saturated rings. The van der Waals surface area contributed by atoms with E-state index in [2.05, 4.69) is 83.1 Å². The van der Waals surface area contributed by atoms with E-state index in [0.717, 1.165) is 0 Å². The average Bonchev–Trinajstić information content (AvgIpc) is 2.98. The number of aliphatic hydroxyl groups excluding tert-OH is 1. The molecule has 0 saturated carbocycles. The van der Waals surface area contributed by atoms with Gasteiger partial charge in [0.05, 0.1) is 6.07 Å². The van der Waals surface area contributed by atoms with E-state index in [1.54, 1.807) is 20.8 Å². The first-order chi connectivity index (χ1) is 18.9. The Morgan fingerprint density at radius 1 is 0.525 bits per heavy atom. The van der Waals surface area contributed by atoms with Crippen molar-refractivity contribution in [2.75, 3.05) is 6.61 Å². The normalized spacial score (nSPS) is 7.03. The van der Waals surface area contributed by atoms with Gasteiger partial charge in [-0.25, -0.2) is 0 Å². The largest absolute Gasteiger partial charge is 0.481 e. The summed E-state index contributed by atoms with van der Waals surface area (Å²) in [5.74, 6) is -0.491. The van der Waals surface area contributed by atoms with E-state index in [1.807, 2.05) is 19.9 Å². The van der Waals surface area contributed by atoms with Crippen LogP contribution in [-0.2, 0) is 9.59 Å². The lowest BCUT2D eigenvalue weighted by Gasteiger charge is -1.71. The molecule has 0 saturated heterocycles. The first-order valence-corrected chi connectivity index (χ1v) is 16.5. The highest BCUT2D eigenvalue weighted by atomic mass is 16.4. The minimum Gasteiger partial charge on any atom is -0.481 e. The van der Waals surface area contributed by atoms with Crippen molar-refractivity contribution in [1.82, 2.24) is 0 Å². The lowest BCUT2D eigenvalue weighted by atomic mass is 10.4. The number of carbonyl (C=O) groups is 2. The van der Waals surface area contributed by atoms with Crippen LogP contribution < -0.4 is 0 Å². The quantitative estimate of drug-likeness (QED) is 0.311. The summed E-state index contributed by atoms with van der Waals surface area (Å²) in [7, 11) is 0. The molecule has 40 heavy (non-hydrogen) atoms. The summed E-state index contributed by atoms with van der Waals surface area (Å²) in [5.41, 5.74) is 0. The third-order valence-corrected chi connectivity index (χ3v) is 3.46. The van der Waals surface area contributed by atoms with Gasteiger partial charge in [0.2, 0.25) is 0 Å². The number of nitriles is 1. The van der Waals surface area contributed by atoms with Crippen LogP contribution in [0.25, 0.3) is 0 Å². The average molecular weight is 582 g/mol. The number of aliphatic carboxylic acids is 1. The van der Waals surface area contributed by atoms with E-state index in [1.165, 1.54) is 70.6 Å². The zero-order valence-electron chi connectivity index (χ0n) is 31.3. The molecule has 5 nitrogen and oxygen atoms in total. The molecule has 2 N–H and O–H groups in total. The second-order valence-corrected chi connectivity index (χ2v) is 8.34. The van der Waals surface area contributed by atoms with Crippen molar-refractivity contribution in [1.29, 1.82) is 5.26 Å². The zero-order chi connectivity index (χ0) is 34.5. The van der Waals surface area contributed by atoms with Crippen molar-refractivity contribution in [2.24, 2.45) is 0 Å². The van der Waals surface area contributed by atoms with Crippen LogP contribution in [-0.4, -0.2) is 28.6 Å². The van der Waals surface area contributed by atoms with Gasteiger partial charge in [-0.05, 0) is 13.8 Å². The number of rotatable bonds is 7. The number of hydrogen-bond donors (Lipinski definition) is 2. The Hall–Kier alpha value is -1.41. The summed E-state index contributed by atoms with van der Waals surface area (Å²) in [5, 5.41) is 22.9. The maximum absolute atomic E-state index is 9.81. The van der Waals surface area contributed by atoms with E-state index in [-0.39, 0.29) is 18.8 Å². The van der Waals surface area contributed by atoms with Crippen LogP contribution in [0, 0.1) is 11.3 Å². The Balaban J connectivity index is -0.0000000314. The van der Waals surface area contributed by atoms with Crippen LogP contribution in [0.4, 0.5) is 0 Å². The van der Waals surface area contributed by atoms with Crippen molar-refractivity contribution in [2.45, 2.75) is 208 Å². The van der Waals surface area contributed by atoms with Gasteiger partial charge in [0.1, 0.15) is 5.78 Å². The molecule has 0 rings (SSSR count). The Kier molecular flexibility index (Phi) is 198. The summed E-state index contributed by atoms with van der Waals surface area (Å²) in [4.78, 5) is 19.2. The minimum absolute atomic E-state index is 0.222. The first-order valence-electron chi connectivity index (χ1n) is 16.5. The van der Waals surface area contributed by atoms with Crippen molar-refractivity contribution >= 4 is 11.8 Å². The van der Waals surface area contributed by atoms with Gasteiger partial charge in [-0.15, -0.1) is 0 Å². The molecule has 0 aromatic carbocycles. The molecule has 0 aromatic rings. The number of ketones is 1. The molecule has 0 aromatic heterocycles. The van der Waals surface area contributed by atoms with Gasteiger partial charge in [-0.1, -0.05) is 174 Å². The number of carboxylic acid groups (broad SMARTS) is 1. The van der Waals surface area contributed by atoms with Crippen molar-refractivity contribution in [3.8, 4) is 6.07 Å². The fourth-order valence-electron chi connectivity index (χ4n) is 0. The van der Waals surface area contributed by atoms with Crippen LogP contribution in [0.5, 0.6) is 0 Å². The third kappa shape index (κ3) is 628. The number of carbonyl (C=O) groups excluding carboxylic acids is 1. The molecule has 5 heteroatoms. The van der Waals surface area contributed by atoms with Gasteiger partial charge < -0.3 is 15.0 Å². The second-order valence-electron chi connectivity index (χ2n) is 8.34. The molecule has 0 atom stereocenters. The van der Waals surface area contributed by atoms with E-state index in [9.17, 15) is 9.59 Å². The fraction of sp³-hybridized carbons (Fsp3) is 0.914. The molecule has 0 unspecified atom stereocenters. The molecule has 252 valence electrons. The van der Waals surface area contributed by atoms with Crippen molar-refractivity contribution in [3.05, 3.63) is 0 Å². The number of carboxylic acids is 1. The van der Waals surface area contributed by atoms with Gasteiger partial charge in [-0.3, -0.25) is 4.79 Å². The number of aliphatic hydroxyl groups is 1. The topological polar surface area (TPSA) is 98.4 Å². The van der Waals surface area contributed by atoms with Crippen molar-refractivity contribution < 1.29 is 19.8 Å². The SMILES string of the molecule is CCC.CCC#N.CCC(=O)O.CCC(C)=O.CCCC.CCCC.CCCC.CCCC.CCCC.CCO. The van der Waals surface area contributed by atoms with Gasteiger partial charge in [0, 0.05) is 25.9 Å². The number of hydrogen-bond acceptors (Lipinski definition) is 4. The Labute approximate surface area is 257 Å². The molecular formula is C35H83NO4. The molecule has 0 bridgehead atoms. The summed E-state index contributed by atoms with van der Waals surface area (Å²) in [6.07, 6.45) is 16.0. The van der Waals surface area contributed by atoms with Gasteiger partial charge in [-0.2, -0.15) is 5.26 Å². The molecule has 0 spiro atoms. The number of Topliss-reactive ketones (excluding diaryl/α,β-unsaturated/α-hetero) is 1. The van der Waals surface area contributed by atoms with Crippen LogP contribution in [0.15, 0.2) is 0 Å². The lowest BCUT2D eigenvalue weighted by Crippen LogP contribution is -1.86. The molecule has 0 amide bonds. The molecule has 0 heterocycles. The Bertz CT molecular complexity index is 292. The lowest BCUT2D eigenvalue weighted by molar-refractivity contribution is -0.136. The van der Waals surface area contributed by atoms with Crippen LogP contribution in [0.2, 0.25) is 0 Å². The second kappa shape index (κ2) is 119. The number of unbranched alkanes of at least 4 members (excludes halogenated alkanes) is 5. The third-order valence-electron chi connectivity index (χ3n) is 3.46. The van der Waals surface area contributed by atoms with Gasteiger partial charge in [0.25, 0.3) is 0 Å². The van der Waals surface area contributed by atoms with Crippen LogP contribution in [0.1, 0.15) is 208 Å².